The van der Waals surface area contributed by atoms with Crippen molar-refractivity contribution in [3.63, 3.8) is 0 Å². The molecule has 7 heteroatoms. The van der Waals surface area contributed by atoms with Crippen LogP contribution >= 0.6 is 0 Å². The summed E-state index contributed by atoms with van der Waals surface area (Å²) in [7, 11) is 0. The van der Waals surface area contributed by atoms with Crippen molar-refractivity contribution in [1.82, 2.24) is 19.2 Å². The fraction of sp³-hybridized carbons (Fsp3) is 0.158. The van der Waals surface area contributed by atoms with Crippen LogP contribution in [-0.2, 0) is 13.0 Å². The van der Waals surface area contributed by atoms with E-state index in [4.69, 9.17) is 0 Å². The van der Waals surface area contributed by atoms with Gasteiger partial charge in [-0.05, 0) is 37.1 Å². The maximum atomic E-state index is 14.5. The molecule has 5 rings (SSSR count). The van der Waals surface area contributed by atoms with Crippen molar-refractivity contribution >= 4 is 5.65 Å². The smallest absolute Gasteiger partial charge is 0.195 e. The van der Waals surface area contributed by atoms with E-state index >= 15 is 0 Å². The van der Waals surface area contributed by atoms with Crippen molar-refractivity contribution in [3.8, 4) is 22.4 Å². The van der Waals surface area contributed by atoms with E-state index in [2.05, 4.69) is 10.1 Å². The lowest BCUT2D eigenvalue weighted by molar-refractivity contribution is 0.448. The lowest BCUT2D eigenvalue weighted by Crippen LogP contribution is -1.98. The number of pyridine rings is 1. The fourth-order valence-corrected chi connectivity index (χ4v) is 3.66. The topological polar surface area (TPSA) is 35.1 Å². The minimum Gasteiger partial charge on any atom is -0.307 e. The molecule has 1 aromatic carbocycles. The van der Waals surface area contributed by atoms with E-state index in [1.165, 1.54) is 6.07 Å². The maximum Gasteiger partial charge on any atom is 0.195 e. The lowest BCUT2D eigenvalue weighted by atomic mass is 9.98. The summed E-state index contributed by atoms with van der Waals surface area (Å²) in [4.78, 5) is 4.39. The molecule has 130 valence electrons. The highest BCUT2D eigenvalue weighted by atomic mass is 19.2. The molecule has 0 fully saturated rings. The van der Waals surface area contributed by atoms with Crippen LogP contribution in [0.1, 0.15) is 12.1 Å². The van der Waals surface area contributed by atoms with Gasteiger partial charge in [0.25, 0.3) is 0 Å². The van der Waals surface area contributed by atoms with Gasteiger partial charge in [-0.1, -0.05) is 0 Å². The first kappa shape index (κ1) is 15.2. The van der Waals surface area contributed by atoms with Crippen LogP contribution in [0.15, 0.2) is 42.9 Å². The molecule has 4 heterocycles. The fourth-order valence-electron chi connectivity index (χ4n) is 3.66. The van der Waals surface area contributed by atoms with Gasteiger partial charge in [-0.25, -0.2) is 18.2 Å². The Kier molecular flexibility index (Phi) is 3.19. The molecular formula is C19H13F3N4. The van der Waals surface area contributed by atoms with Crippen molar-refractivity contribution in [2.24, 2.45) is 0 Å². The van der Waals surface area contributed by atoms with E-state index in [9.17, 15) is 13.2 Å². The van der Waals surface area contributed by atoms with Crippen LogP contribution in [0.4, 0.5) is 13.2 Å². The number of hydrogen-bond donors (Lipinski definition) is 0. The molecule has 0 saturated heterocycles. The Morgan fingerprint density at radius 3 is 2.73 bits per heavy atom. The number of nitrogens with zero attached hydrogens (tertiary/aromatic N) is 4. The summed E-state index contributed by atoms with van der Waals surface area (Å²) in [6.07, 6.45) is 7.09. The summed E-state index contributed by atoms with van der Waals surface area (Å²) < 4.78 is 45.3. The van der Waals surface area contributed by atoms with Crippen LogP contribution < -0.4 is 0 Å². The SMILES string of the molecule is Fc1ccc(-c2nn3c(c2-c2cccn4ccnc24)CCC3)c(F)c1F. The van der Waals surface area contributed by atoms with Crippen LogP contribution in [0.25, 0.3) is 28.0 Å². The second-order valence-electron chi connectivity index (χ2n) is 6.30. The third-order valence-electron chi connectivity index (χ3n) is 4.82. The zero-order valence-corrected chi connectivity index (χ0v) is 13.6. The van der Waals surface area contributed by atoms with Crippen molar-refractivity contribution < 1.29 is 13.2 Å². The van der Waals surface area contributed by atoms with E-state index in [0.29, 0.717) is 17.9 Å². The Morgan fingerprint density at radius 2 is 1.85 bits per heavy atom. The van der Waals surface area contributed by atoms with Crippen LogP contribution in [0.3, 0.4) is 0 Å². The molecule has 0 saturated carbocycles. The van der Waals surface area contributed by atoms with Crippen LogP contribution in [-0.4, -0.2) is 19.2 Å². The number of rotatable bonds is 2. The molecule has 0 spiro atoms. The minimum atomic E-state index is -1.49. The molecule has 0 unspecified atom stereocenters. The summed E-state index contributed by atoms with van der Waals surface area (Å²) in [5, 5.41) is 4.51. The standard InChI is InChI=1S/C19H13F3N4/c20-13-6-5-12(16(21)17(13)22)18-15(14-4-2-9-26(14)24-18)11-3-1-8-25-10-7-23-19(11)25/h1,3,5-8,10H,2,4,9H2. The lowest BCUT2D eigenvalue weighted by Gasteiger charge is -2.08. The average molecular weight is 354 g/mol. The van der Waals surface area contributed by atoms with Crippen LogP contribution in [0.5, 0.6) is 0 Å². The second-order valence-corrected chi connectivity index (χ2v) is 6.30. The summed E-state index contributed by atoms with van der Waals surface area (Å²) >= 11 is 0. The van der Waals surface area contributed by atoms with Gasteiger partial charge in [0.2, 0.25) is 0 Å². The normalized spacial score (nSPS) is 13.5. The number of hydrogen-bond acceptors (Lipinski definition) is 2. The molecule has 0 aliphatic carbocycles. The van der Waals surface area contributed by atoms with Crippen molar-refractivity contribution in [1.29, 1.82) is 0 Å². The zero-order chi connectivity index (χ0) is 17.8. The first-order valence-electron chi connectivity index (χ1n) is 8.31. The van der Waals surface area contributed by atoms with Gasteiger partial charge >= 0.3 is 0 Å². The molecule has 4 nitrogen and oxygen atoms in total. The third-order valence-corrected chi connectivity index (χ3v) is 4.82. The third kappa shape index (κ3) is 2.03. The van der Waals surface area contributed by atoms with Crippen molar-refractivity contribution in [2.75, 3.05) is 0 Å². The highest BCUT2D eigenvalue weighted by molar-refractivity contribution is 5.89. The molecule has 0 bridgehead atoms. The first-order chi connectivity index (χ1) is 12.6. The highest BCUT2D eigenvalue weighted by Gasteiger charge is 2.28. The molecule has 4 aromatic rings. The average Bonchev–Trinajstić information content (AvgIpc) is 3.34. The van der Waals surface area contributed by atoms with E-state index < -0.39 is 17.5 Å². The van der Waals surface area contributed by atoms with Gasteiger partial charge < -0.3 is 4.40 Å². The van der Waals surface area contributed by atoms with Gasteiger partial charge in [-0.3, -0.25) is 4.68 Å². The number of aromatic nitrogens is 4. The quantitative estimate of drug-likeness (QED) is 0.505. The number of benzene rings is 1. The number of aryl methyl sites for hydroxylation is 1. The molecular weight excluding hydrogens is 341 g/mol. The summed E-state index contributed by atoms with van der Waals surface area (Å²) in [5.74, 6) is -3.92. The molecule has 0 radical (unpaired) electrons. The van der Waals surface area contributed by atoms with E-state index in [1.807, 2.05) is 33.6 Å². The van der Waals surface area contributed by atoms with Gasteiger partial charge in [0.15, 0.2) is 17.5 Å². The highest BCUT2D eigenvalue weighted by Crippen LogP contribution is 2.40. The Hall–Kier alpha value is -3.09. The minimum absolute atomic E-state index is 0.0469. The predicted molar refractivity (Wildman–Crippen MR) is 90.0 cm³/mol. The Labute approximate surface area is 146 Å². The number of fused-ring (bicyclic) bond motifs is 2. The summed E-state index contributed by atoms with van der Waals surface area (Å²) in [6, 6.07) is 5.92. The predicted octanol–water partition coefficient (Wildman–Crippen LogP) is 4.23. The Bertz CT molecular complexity index is 1160. The van der Waals surface area contributed by atoms with E-state index in [-0.39, 0.29) is 5.56 Å². The molecule has 26 heavy (non-hydrogen) atoms. The van der Waals surface area contributed by atoms with Crippen molar-refractivity contribution in [2.45, 2.75) is 19.4 Å². The second kappa shape index (κ2) is 5.45. The zero-order valence-electron chi connectivity index (χ0n) is 13.6. The maximum absolute atomic E-state index is 14.5. The van der Waals surface area contributed by atoms with Gasteiger partial charge in [-0.15, -0.1) is 0 Å². The van der Waals surface area contributed by atoms with Crippen molar-refractivity contribution in [3.05, 3.63) is 66.0 Å². The Balaban J connectivity index is 1.84. The van der Waals surface area contributed by atoms with Gasteiger partial charge in [0, 0.05) is 47.5 Å². The van der Waals surface area contributed by atoms with E-state index in [1.54, 1.807) is 6.20 Å². The first-order valence-corrected chi connectivity index (χ1v) is 8.31. The Morgan fingerprint density at radius 1 is 0.962 bits per heavy atom. The van der Waals surface area contributed by atoms with Gasteiger partial charge in [0.1, 0.15) is 11.3 Å². The van der Waals surface area contributed by atoms with Crippen LogP contribution in [0.2, 0.25) is 0 Å². The van der Waals surface area contributed by atoms with Gasteiger partial charge in [0.05, 0.1) is 0 Å². The molecule has 0 atom stereocenters. The molecule has 1 aliphatic rings. The van der Waals surface area contributed by atoms with Gasteiger partial charge in [-0.2, -0.15) is 5.10 Å². The summed E-state index contributed by atoms with van der Waals surface area (Å²) in [5.41, 5.74) is 3.45. The number of imidazole rings is 1. The summed E-state index contributed by atoms with van der Waals surface area (Å²) in [6.45, 7) is 0.713. The monoisotopic (exact) mass is 354 g/mol. The largest absolute Gasteiger partial charge is 0.307 e. The van der Waals surface area contributed by atoms with E-state index in [0.717, 1.165) is 35.7 Å². The molecule has 0 amide bonds. The number of halogens is 3. The molecule has 3 aromatic heterocycles. The molecule has 0 N–H and O–H groups in total. The van der Waals surface area contributed by atoms with Crippen LogP contribution in [0, 0.1) is 17.5 Å². The molecule has 1 aliphatic heterocycles.